The molecule has 5 heteroatoms. The third-order valence-corrected chi connectivity index (χ3v) is 6.72. The molecule has 0 spiro atoms. The van der Waals surface area contributed by atoms with Crippen LogP contribution in [0.25, 0.3) is 0 Å². The lowest BCUT2D eigenvalue weighted by atomic mass is 10.1. The predicted octanol–water partition coefficient (Wildman–Crippen LogP) is 2.02. The first-order valence-electron chi connectivity index (χ1n) is 5.62. The van der Waals surface area contributed by atoms with Gasteiger partial charge in [-0.3, -0.25) is 0 Å². The van der Waals surface area contributed by atoms with Gasteiger partial charge in [-0.2, -0.15) is 0 Å². The van der Waals surface area contributed by atoms with Crippen LogP contribution in [0.1, 0.15) is 38.5 Å². The highest BCUT2D eigenvalue weighted by Crippen LogP contribution is 2.46. The zero-order valence-corrected chi connectivity index (χ0v) is 11.2. The van der Waals surface area contributed by atoms with Crippen molar-refractivity contribution in [2.75, 3.05) is 11.9 Å². The average molecular weight is 296 g/mol. The minimum absolute atomic E-state index is 0.122. The van der Waals surface area contributed by atoms with E-state index >= 15 is 0 Å². The van der Waals surface area contributed by atoms with E-state index < -0.39 is 10.0 Å². The molecular formula is C10H18BrNO2S. The van der Waals surface area contributed by atoms with E-state index in [-0.39, 0.29) is 10.7 Å². The van der Waals surface area contributed by atoms with Crippen molar-refractivity contribution >= 4 is 26.0 Å². The molecule has 2 aliphatic rings. The second-order valence-corrected chi connectivity index (χ2v) is 7.51. The Morgan fingerprint density at radius 2 is 1.87 bits per heavy atom. The molecule has 0 unspecified atom stereocenters. The fourth-order valence-electron chi connectivity index (χ4n) is 2.10. The van der Waals surface area contributed by atoms with Crippen LogP contribution < -0.4 is 4.72 Å². The van der Waals surface area contributed by atoms with Crippen molar-refractivity contribution in [2.45, 2.75) is 43.8 Å². The van der Waals surface area contributed by atoms with E-state index in [0.29, 0.717) is 6.54 Å². The van der Waals surface area contributed by atoms with E-state index in [1.54, 1.807) is 0 Å². The third-order valence-electron chi connectivity index (χ3n) is 3.63. The maximum absolute atomic E-state index is 11.9. The Morgan fingerprint density at radius 1 is 1.27 bits per heavy atom. The lowest BCUT2D eigenvalue weighted by Gasteiger charge is -2.16. The average Bonchev–Trinajstić information content (AvgIpc) is 2.77. The van der Waals surface area contributed by atoms with E-state index in [1.165, 1.54) is 0 Å². The largest absolute Gasteiger partial charge is 0.214 e. The predicted molar refractivity (Wildman–Crippen MR) is 64.6 cm³/mol. The molecule has 0 aromatic carbocycles. The van der Waals surface area contributed by atoms with Gasteiger partial charge in [-0.25, -0.2) is 13.1 Å². The summed E-state index contributed by atoms with van der Waals surface area (Å²) < 4.78 is 26.6. The Labute approximate surface area is 100 Å². The number of nitrogens with one attached hydrogen (secondary N) is 1. The first-order valence-corrected chi connectivity index (χ1v) is 8.29. The van der Waals surface area contributed by atoms with Crippen LogP contribution in [0.5, 0.6) is 0 Å². The van der Waals surface area contributed by atoms with Crippen molar-refractivity contribution in [3.05, 3.63) is 0 Å². The zero-order valence-electron chi connectivity index (χ0n) is 8.84. The maximum Gasteiger partial charge on any atom is 0.214 e. The molecule has 0 aromatic heterocycles. The summed E-state index contributed by atoms with van der Waals surface area (Å²) in [6.07, 6.45) is 6.11. The van der Waals surface area contributed by atoms with Crippen LogP contribution in [0.15, 0.2) is 0 Å². The highest BCUT2D eigenvalue weighted by molar-refractivity contribution is 9.09. The molecule has 0 aliphatic heterocycles. The molecule has 2 saturated carbocycles. The Hall–Kier alpha value is 0.390. The zero-order chi connectivity index (χ0) is 10.9. The summed E-state index contributed by atoms with van der Waals surface area (Å²) >= 11 is 3.45. The summed E-state index contributed by atoms with van der Waals surface area (Å²) in [7, 11) is -3.03. The maximum atomic E-state index is 11.9. The Kier molecular flexibility index (Phi) is 3.43. The van der Waals surface area contributed by atoms with Crippen LogP contribution in [0.2, 0.25) is 0 Å². The smallest absolute Gasteiger partial charge is 0.214 e. The van der Waals surface area contributed by atoms with Crippen LogP contribution >= 0.6 is 15.9 Å². The molecule has 3 nitrogen and oxygen atoms in total. The molecule has 0 radical (unpaired) electrons. The summed E-state index contributed by atoms with van der Waals surface area (Å²) in [6, 6.07) is 0. The number of rotatable bonds is 5. The topological polar surface area (TPSA) is 46.2 Å². The second kappa shape index (κ2) is 4.34. The fraction of sp³-hybridized carbons (Fsp3) is 1.00. The van der Waals surface area contributed by atoms with Crippen molar-refractivity contribution < 1.29 is 8.42 Å². The van der Waals surface area contributed by atoms with Crippen molar-refractivity contribution in [2.24, 2.45) is 5.41 Å². The molecule has 2 aliphatic carbocycles. The van der Waals surface area contributed by atoms with Gasteiger partial charge in [0, 0.05) is 11.9 Å². The van der Waals surface area contributed by atoms with Gasteiger partial charge in [-0.05, 0) is 31.1 Å². The van der Waals surface area contributed by atoms with E-state index in [2.05, 4.69) is 20.7 Å². The van der Waals surface area contributed by atoms with E-state index in [0.717, 1.165) is 43.9 Å². The molecule has 0 heterocycles. The van der Waals surface area contributed by atoms with Gasteiger partial charge in [0.05, 0.1) is 5.25 Å². The molecule has 2 fully saturated rings. The van der Waals surface area contributed by atoms with Gasteiger partial charge < -0.3 is 0 Å². The Morgan fingerprint density at radius 3 is 2.33 bits per heavy atom. The fourth-order valence-corrected chi connectivity index (χ4v) is 4.56. The normalized spacial score (nSPS) is 25.7. The van der Waals surface area contributed by atoms with Crippen molar-refractivity contribution in [1.82, 2.24) is 4.72 Å². The molecule has 0 aromatic rings. The first-order chi connectivity index (χ1) is 7.08. The van der Waals surface area contributed by atoms with Gasteiger partial charge in [-0.1, -0.05) is 28.8 Å². The minimum atomic E-state index is -3.03. The van der Waals surface area contributed by atoms with E-state index in [1.807, 2.05) is 0 Å². The number of hydrogen-bond acceptors (Lipinski definition) is 2. The second-order valence-electron chi connectivity index (χ2n) is 4.91. The van der Waals surface area contributed by atoms with Crippen LogP contribution in [0.4, 0.5) is 0 Å². The number of sulfonamides is 1. The molecule has 0 saturated heterocycles. The van der Waals surface area contributed by atoms with Crippen molar-refractivity contribution in [3.8, 4) is 0 Å². The first kappa shape index (κ1) is 11.9. The standard InChI is InChI=1S/C10H18BrNO2S/c11-7-10(5-6-10)8-12-15(13,14)9-3-1-2-4-9/h9,12H,1-8H2. The summed E-state index contributed by atoms with van der Waals surface area (Å²) in [4.78, 5) is 0. The van der Waals surface area contributed by atoms with Gasteiger partial charge in [0.2, 0.25) is 10.0 Å². The number of hydrogen-bond donors (Lipinski definition) is 1. The van der Waals surface area contributed by atoms with Gasteiger partial charge in [-0.15, -0.1) is 0 Å². The lowest BCUT2D eigenvalue weighted by molar-refractivity contribution is 0.528. The van der Waals surface area contributed by atoms with Crippen LogP contribution in [-0.2, 0) is 10.0 Å². The molecule has 0 bridgehead atoms. The summed E-state index contributed by atoms with van der Waals surface area (Å²) in [5.74, 6) is 0. The van der Waals surface area contributed by atoms with Crippen molar-refractivity contribution in [3.63, 3.8) is 0 Å². The molecule has 0 atom stereocenters. The van der Waals surface area contributed by atoms with E-state index in [9.17, 15) is 8.42 Å². The highest BCUT2D eigenvalue weighted by atomic mass is 79.9. The Balaban J connectivity index is 1.87. The van der Waals surface area contributed by atoms with Crippen molar-refractivity contribution in [1.29, 1.82) is 0 Å². The van der Waals surface area contributed by atoms with Gasteiger partial charge in [0.25, 0.3) is 0 Å². The molecule has 1 N–H and O–H groups in total. The van der Waals surface area contributed by atoms with E-state index in [4.69, 9.17) is 0 Å². The molecular weight excluding hydrogens is 278 g/mol. The summed E-state index contributed by atoms with van der Waals surface area (Å²) in [5.41, 5.74) is 0.228. The third kappa shape index (κ3) is 2.74. The number of halogens is 1. The van der Waals surface area contributed by atoms with Crippen LogP contribution in [-0.4, -0.2) is 25.5 Å². The van der Waals surface area contributed by atoms with Gasteiger partial charge >= 0.3 is 0 Å². The summed E-state index contributed by atoms with van der Waals surface area (Å²) in [5, 5.41) is 0.788. The minimum Gasteiger partial charge on any atom is -0.214 e. The Bertz CT molecular complexity index is 318. The molecule has 88 valence electrons. The van der Waals surface area contributed by atoms with Gasteiger partial charge in [0.1, 0.15) is 0 Å². The number of alkyl halides is 1. The summed E-state index contributed by atoms with van der Waals surface area (Å²) in [6.45, 7) is 0.622. The van der Waals surface area contributed by atoms with Gasteiger partial charge in [0.15, 0.2) is 0 Å². The molecule has 0 amide bonds. The monoisotopic (exact) mass is 295 g/mol. The quantitative estimate of drug-likeness (QED) is 0.789. The SMILES string of the molecule is O=S(=O)(NCC1(CBr)CC1)C1CCCC1. The highest BCUT2D eigenvalue weighted by Gasteiger charge is 2.42. The lowest BCUT2D eigenvalue weighted by Crippen LogP contribution is -2.37. The van der Waals surface area contributed by atoms with Crippen LogP contribution in [0, 0.1) is 5.41 Å². The van der Waals surface area contributed by atoms with Crippen LogP contribution in [0.3, 0.4) is 0 Å². The molecule has 2 rings (SSSR count). The molecule has 15 heavy (non-hydrogen) atoms.